The van der Waals surface area contributed by atoms with Crippen LogP contribution in [0.1, 0.15) is 37.8 Å². The van der Waals surface area contributed by atoms with E-state index in [2.05, 4.69) is 23.9 Å². The molecule has 1 aromatic carbocycles. The lowest BCUT2D eigenvalue weighted by Crippen LogP contribution is -2.30. The van der Waals surface area contributed by atoms with E-state index in [4.69, 9.17) is 10.9 Å². The number of rotatable bonds is 6. The quantitative estimate of drug-likeness (QED) is 0.360. The molecule has 0 unspecified atom stereocenters. The van der Waals surface area contributed by atoms with E-state index in [9.17, 15) is 4.39 Å². The van der Waals surface area contributed by atoms with E-state index in [1.807, 2.05) is 7.05 Å². The highest BCUT2D eigenvalue weighted by molar-refractivity contribution is 5.97. The topological polar surface area (TPSA) is 61.8 Å². The van der Waals surface area contributed by atoms with Crippen LogP contribution in [0, 0.1) is 5.82 Å². The molecule has 0 atom stereocenters. The lowest BCUT2D eigenvalue weighted by atomic mass is 10.1. The Morgan fingerprint density at radius 3 is 2.53 bits per heavy atom. The van der Waals surface area contributed by atoms with Gasteiger partial charge in [0.1, 0.15) is 5.82 Å². The molecule has 0 saturated carbocycles. The summed E-state index contributed by atoms with van der Waals surface area (Å²) in [6, 6.07) is 4.95. The molecule has 0 spiro atoms. The lowest BCUT2D eigenvalue weighted by molar-refractivity contribution is 0.221. The molecule has 0 bridgehead atoms. The van der Waals surface area contributed by atoms with E-state index in [0.717, 1.165) is 18.4 Å². The number of halogens is 1. The summed E-state index contributed by atoms with van der Waals surface area (Å²) in [6.07, 6.45) is 2.10. The average Bonchev–Trinajstić information content (AvgIpc) is 2.38. The maximum absolute atomic E-state index is 13.5. The molecule has 3 N–H and O–H groups in total. The predicted octanol–water partition coefficient (Wildman–Crippen LogP) is 2.54. The van der Waals surface area contributed by atoms with Crippen molar-refractivity contribution in [3.63, 3.8) is 0 Å². The summed E-state index contributed by atoms with van der Waals surface area (Å²) in [6.45, 7) is 4.91. The standard InChI is InChI=1S/C14H22FN3O/c1-4-13(5-2)18(3)9-10-6-11(14(16)17-19)8-12(15)7-10/h6-8,13,19H,4-5,9H2,1-3H3,(H2,16,17). The second-order valence-electron chi connectivity index (χ2n) is 4.72. The Kier molecular flexibility index (Phi) is 5.76. The van der Waals surface area contributed by atoms with Crippen molar-refractivity contribution in [3.05, 3.63) is 35.1 Å². The van der Waals surface area contributed by atoms with Gasteiger partial charge in [0.05, 0.1) is 0 Å². The largest absolute Gasteiger partial charge is 0.409 e. The van der Waals surface area contributed by atoms with Crippen LogP contribution in [0.2, 0.25) is 0 Å². The molecule has 0 heterocycles. The highest BCUT2D eigenvalue weighted by Crippen LogP contribution is 2.14. The summed E-state index contributed by atoms with van der Waals surface area (Å²) in [7, 11) is 2.02. The van der Waals surface area contributed by atoms with Gasteiger partial charge in [-0.1, -0.05) is 19.0 Å². The van der Waals surface area contributed by atoms with Crippen LogP contribution in [-0.2, 0) is 6.54 Å². The fourth-order valence-corrected chi connectivity index (χ4v) is 2.28. The molecule has 19 heavy (non-hydrogen) atoms. The van der Waals surface area contributed by atoms with Gasteiger partial charge < -0.3 is 10.9 Å². The maximum Gasteiger partial charge on any atom is 0.170 e. The Morgan fingerprint density at radius 1 is 1.37 bits per heavy atom. The minimum absolute atomic E-state index is 0.0778. The zero-order valence-corrected chi connectivity index (χ0v) is 11.7. The summed E-state index contributed by atoms with van der Waals surface area (Å²) in [5.41, 5.74) is 6.71. The first-order valence-electron chi connectivity index (χ1n) is 6.49. The first kappa shape index (κ1) is 15.4. The van der Waals surface area contributed by atoms with Crippen LogP contribution >= 0.6 is 0 Å². The van der Waals surface area contributed by atoms with Crippen molar-refractivity contribution in [1.29, 1.82) is 0 Å². The van der Waals surface area contributed by atoms with Crippen molar-refractivity contribution in [3.8, 4) is 0 Å². The molecule has 0 radical (unpaired) electrons. The third kappa shape index (κ3) is 4.21. The number of oxime groups is 1. The molecular formula is C14H22FN3O. The minimum atomic E-state index is -0.378. The summed E-state index contributed by atoms with van der Waals surface area (Å²) in [4.78, 5) is 2.19. The highest BCUT2D eigenvalue weighted by atomic mass is 19.1. The summed E-state index contributed by atoms with van der Waals surface area (Å²) in [5, 5.41) is 11.5. The van der Waals surface area contributed by atoms with Crippen LogP contribution in [-0.4, -0.2) is 29.0 Å². The first-order valence-corrected chi connectivity index (χ1v) is 6.49. The van der Waals surface area contributed by atoms with Crippen molar-refractivity contribution in [1.82, 2.24) is 4.90 Å². The molecule has 0 aromatic heterocycles. The van der Waals surface area contributed by atoms with E-state index >= 15 is 0 Å². The monoisotopic (exact) mass is 267 g/mol. The zero-order chi connectivity index (χ0) is 14.4. The number of amidine groups is 1. The molecule has 0 aliphatic heterocycles. The van der Waals surface area contributed by atoms with Crippen molar-refractivity contribution >= 4 is 5.84 Å². The number of hydrogen-bond acceptors (Lipinski definition) is 3. The molecule has 106 valence electrons. The Hall–Kier alpha value is -1.62. The molecule has 0 amide bonds. The van der Waals surface area contributed by atoms with Gasteiger partial charge in [0.2, 0.25) is 0 Å². The summed E-state index contributed by atoms with van der Waals surface area (Å²) < 4.78 is 13.5. The lowest BCUT2D eigenvalue weighted by Gasteiger charge is -2.26. The number of benzene rings is 1. The molecule has 5 heteroatoms. The molecule has 0 fully saturated rings. The van der Waals surface area contributed by atoms with E-state index < -0.39 is 0 Å². The molecule has 0 aliphatic carbocycles. The molecule has 0 aliphatic rings. The van der Waals surface area contributed by atoms with Gasteiger partial charge in [-0.05, 0) is 43.7 Å². The molecule has 1 aromatic rings. The smallest absolute Gasteiger partial charge is 0.170 e. The summed E-state index contributed by atoms with van der Waals surface area (Å²) >= 11 is 0. The Balaban J connectivity index is 2.92. The van der Waals surface area contributed by atoms with E-state index in [-0.39, 0.29) is 11.7 Å². The Bertz CT molecular complexity index is 444. The summed E-state index contributed by atoms with van der Waals surface area (Å²) in [5.74, 6) is -0.456. The molecule has 0 saturated heterocycles. The maximum atomic E-state index is 13.5. The van der Waals surface area contributed by atoms with Crippen molar-refractivity contribution in [2.24, 2.45) is 10.9 Å². The van der Waals surface area contributed by atoms with Gasteiger partial charge in [0.15, 0.2) is 5.84 Å². The predicted molar refractivity (Wildman–Crippen MR) is 74.7 cm³/mol. The van der Waals surface area contributed by atoms with Crippen LogP contribution in [0.15, 0.2) is 23.4 Å². The molecule has 4 nitrogen and oxygen atoms in total. The van der Waals surface area contributed by atoms with Gasteiger partial charge in [-0.2, -0.15) is 0 Å². The highest BCUT2D eigenvalue weighted by Gasteiger charge is 2.12. The Morgan fingerprint density at radius 2 is 2.00 bits per heavy atom. The fraction of sp³-hybridized carbons (Fsp3) is 0.500. The van der Waals surface area contributed by atoms with Crippen molar-refractivity contribution in [2.75, 3.05) is 7.05 Å². The molecule has 1 rings (SSSR count). The van der Waals surface area contributed by atoms with Crippen molar-refractivity contribution in [2.45, 2.75) is 39.3 Å². The van der Waals surface area contributed by atoms with Gasteiger partial charge in [-0.25, -0.2) is 4.39 Å². The van der Waals surface area contributed by atoms with Gasteiger partial charge >= 0.3 is 0 Å². The van der Waals surface area contributed by atoms with E-state index in [1.54, 1.807) is 6.07 Å². The van der Waals surface area contributed by atoms with E-state index in [0.29, 0.717) is 18.2 Å². The zero-order valence-electron chi connectivity index (χ0n) is 11.7. The number of nitrogens with zero attached hydrogens (tertiary/aromatic N) is 2. The third-order valence-corrected chi connectivity index (χ3v) is 3.36. The fourth-order valence-electron chi connectivity index (χ4n) is 2.28. The van der Waals surface area contributed by atoms with Gasteiger partial charge in [0, 0.05) is 18.2 Å². The van der Waals surface area contributed by atoms with Crippen LogP contribution in [0.25, 0.3) is 0 Å². The first-order chi connectivity index (χ1) is 9.01. The SMILES string of the molecule is CCC(CC)N(C)Cc1cc(F)cc(/C(N)=N/O)c1. The van der Waals surface area contributed by atoms with Crippen LogP contribution in [0.4, 0.5) is 4.39 Å². The third-order valence-electron chi connectivity index (χ3n) is 3.36. The molecular weight excluding hydrogens is 245 g/mol. The van der Waals surface area contributed by atoms with Crippen LogP contribution < -0.4 is 5.73 Å². The van der Waals surface area contributed by atoms with Gasteiger partial charge in [0.25, 0.3) is 0 Å². The minimum Gasteiger partial charge on any atom is -0.409 e. The number of hydrogen-bond donors (Lipinski definition) is 2. The normalized spacial score (nSPS) is 12.4. The number of nitrogens with two attached hydrogens (primary N) is 1. The van der Waals surface area contributed by atoms with Crippen LogP contribution in [0.3, 0.4) is 0 Å². The Labute approximate surface area is 113 Å². The van der Waals surface area contributed by atoms with Gasteiger partial charge in [-0.15, -0.1) is 0 Å². The second kappa shape index (κ2) is 7.09. The average molecular weight is 267 g/mol. The van der Waals surface area contributed by atoms with E-state index in [1.165, 1.54) is 12.1 Å². The van der Waals surface area contributed by atoms with Crippen molar-refractivity contribution < 1.29 is 9.60 Å². The van der Waals surface area contributed by atoms with Crippen LogP contribution in [0.5, 0.6) is 0 Å². The van der Waals surface area contributed by atoms with Gasteiger partial charge in [-0.3, -0.25) is 4.90 Å². The second-order valence-corrected chi connectivity index (χ2v) is 4.72.